The van der Waals surface area contributed by atoms with Crippen LogP contribution in [0.3, 0.4) is 0 Å². The topological polar surface area (TPSA) is 46.6 Å². The molecule has 26 heavy (non-hydrogen) atoms. The molecule has 2 aromatic rings. The average molecular weight is 373 g/mol. The fourth-order valence-corrected chi connectivity index (χ4v) is 4.48. The van der Waals surface area contributed by atoms with Gasteiger partial charge in [-0.1, -0.05) is 64.5 Å². The van der Waals surface area contributed by atoms with Crippen LogP contribution in [0.1, 0.15) is 30.4 Å². The molecule has 136 valence electrons. The molecule has 2 aliphatic rings. The Morgan fingerprint density at radius 3 is 2.04 bits per heavy atom. The summed E-state index contributed by atoms with van der Waals surface area (Å²) in [6.07, 6.45) is 3.20. The minimum absolute atomic E-state index is 0.626. The Labute approximate surface area is 153 Å². The zero-order chi connectivity index (χ0) is 18.2. The van der Waals surface area contributed by atoms with E-state index < -0.39 is 16.1 Å². The van der Waals surface area contributed by atoms with E-state index in [9.17, 15) is 12.3 Å². The maximum atomic E-state index is 13.7. The van der Waals surface area contributed by atoms with Crippen molar-refractivity contribution < 1.29 is 16.5 Å². The first kappa shape index (κ1) is 17.2. The van der Waals surface area contributed by atoms with Crippen molar-refractivity contribution in [2.24, 2.45) is 0 Å². The lowest BCUT2D eigenvalue weighted by Gasteiger charge is -2.30. The lowest BCUT2D eigenvalue weighted by Crippen LogP contribution is -2.32. The highest BCUT2D eigenvalue weighted by Crippen LogP contribution is 2.62. The van der Waals surface area contributed by atoms with Gasteiger partial charge in [0.05, 0.1) is 5.70 Å². The molecule has 1 aliphatic heterocycles. The van der Waals surface area contributed by atoms with Crippen molar-refractivity contribution in [2.75, 3.05) is 13.1 Å². The third-order valence-corrected chi connectivity index (χ3v) is 5.45. The van der Waals surface area contributed by atoms with Gasteiger partial charge in [0.25, 0.3) is 0 Å². The largest absolute Gasteiger partial charge is 0.439 e. The molecule has 0 amide bonds. The number of benzene rings is 2. The van der Waals surface area contributed by atoms with Gasteiger partial charge in [-0.2, -0.15) is 8.42 Å². The zero-order valence-electron chi connectivity index (χ0n) is 14.3. The van der Waals surface area contributed by atoms with Gasteiger partial charge < -0.3 is 4.90 Å². The van der Waals surface area contributed by atoms with Crippen LogP contribution in [-0.2, 0) is 20.3 Å². The molecule has 1 saturated heterocycles. The third kappa shape index (κ3) is 3.04. The van der Waals surface area contributed by atoms with E-state index in [1.54, 1.807) is 24.3 Å². The molecule has 1 atom stereocenters. The molecule has 1 unspecified atom stereocenters. The number of halogens is 1. The van der Waals surface area contributed by atoms with E-state index in [1.807, 2.05) is 36.4 Å². The first-order valence-electron chi connectivity index (χ1n) is 8.79. The predicted octanol–water partition coefficient (Wildman–Crippen LogP) is 4.02. The zero-order valence-corrected chi connectivity index (χ0v) is 15.1. The van der Waals surface area contributed by atoms with Gasteiger partial charge in [0.2, 0.25) is 0 Å². The summed E-state index contributed by atoms with van der Waals surface area (Å²) in [6.45, 7) is 1.63. The predicted molar refractivity (Wildman–Crippen MR) is 98.0 cm³/mol. The number of nitrogens with zero attached hydrogens (tertiary/aromatic N) is 1. The van der Waals surface area contributed by atoms with Gasteiger partial charge in [-0.25, -0.2) is 4.18 Å². The molecule has 0 aromatic heterocycles. The molecule has 0 bridgehead atoms. The molecule has 0 saturated carbocycles. The summed E-state index contributed by atoms with van der Waals surface area (Å²) in [4.78, 5) is 2.14. The van der Waals surface area contributed by atoms with E-state index in [1.165, 1.54) is 0 Å². The number of rotatable bonds is 5. The highest BCUT2D eigenvalue weighted by molar-refractivity contribution is 7.81. The van der Waals surface area contributed by atoms with Gasteiger partial charge in [-0.3, -0.25) is 0 Å². The normalized spacial score (nSPS) is 23.2. The van der Waals surface area contributed by atoms with Crippen LogP contribution in [0.2, 0.25) is 0 Å². The lowest BCUT2D eigenvalue weighted by atomic mass is 9.99. The highest BCUT2D eigenvalue weighted by atomic mass is 32.3. The van der Waals surface area contributed by atoms with Gasteiger partial charge in [-0.05, 0) is 30.4 Å². The molecule has 1 heterocycles. The summed E-state index contributed by atoms with van der Waals surface area (Å²) in [6, 6.07) is 18.5. The Morgan fingerprint density at radius 2 is 1.46 bits per heavy atom. The van der Waals surface area contributed by atoms with Crippen LogP contribution in [0.25, 0.3) is 5.57 Å². The summed E-state index contributed by atoms with van der Waals surface area (Å²) in [5.74, 6) is 0. The van der Waals surface area contributed by atoms with Crippen LogP contribution < -0.4 is 0 Å². The molecular weight excluding hydrogens is 353 g/mol. The Hall–Kier alpha value is -2.18. The molecule has 0 spiro atoms. The van der Waals surface area contributed by atoms with E-state index in [-0.39, 0.29) is 0 Å². The second kappa shape index (κ2) is 6.52. The summed E-state index contributed by atoms with van der Waals surface area (Å²) in [5.41, 5.74) is 1.58. The minimum Gasteiger partial charge on any atom is -0.371 e. The third-order valence-electron chi connectivity index (χ3n) is 5.00. The monoisotopic (exact) mass is 373 g/mol. The Morgan fingerprint density at radius 1 is 0.885 bits per heavy atom. The molecular formula is C20H20FNO3S. The average Bonchev–Trinajstić information content (AvgIpc) is 3.31. The summed E-state index contributed by atoms with van der Waals surface area (Å²) in [7, 11) is -5.15. The molecule has 6 heteroatoms. The van der Waals surface area contributed by atoms with Crippen LogP contribution in [0.15, 0.2) is 66.4 Å². The molecule has 0 radical (unpaired) electrons. The van der Waals surface area contributed by atoms with E-state index in [0.29, 0.717) is 5.56 Å². The Bertz CT molecular complexity index is 922. The first-order valence-corrected chi connectivity index (χ1v) is 10.1. The van der Waals surface area contributed by atoms with Crippen molar-refractivity contribution >= 4 is 16.1 Å². The SMILES string of the molecule is O=S(=O)(F)OC1(c2ccccc2)C(c2ccccc2)=C1N1CCCCC1. The van der Waals surface area contributed by atoms with Crippen LogP contribution in [0.4, 0.5) is 3.89 Å². The molecule has 1 aliphatic carbocycles. The number of hydrogen-bond donors (Lipinski definition) is 0. The summed E-state index contributed by atoms with van der Waals surface area (Å²) < 4.78 is 42.0. The standard InChI is InChI=1S/C20H20FNO3S/c21-26(23,24)25-20(17-12-6-2-7-13-17)18(16-10-4-1-5-11-16)19(20)22-14-8-3-9-15-22/h1-2,4-7,10-13H,3,8-9,14-15H2. The quantitative estimate of drug-likeness (QED) is 0.743. The van der Waals surface area contributed by atoms with Crippen molar-refractivity contribution in [3.05, 3.63) is 77.5 Å². The number of likely N-dealkylation sites (tertiary alicyclic amines) is 1. The fraction of sp³-hybridized carbons (Fsp3) is 0.300. The van der Waals surface area contributed by atoms with Gasteiger partial charge in [-0.15, -0.1) is 0 Å². The highest BCUT2D eigenvalue weighted by Gasteiger charge is 2.62. The van der Waals surface area contributed by atoms with Gasteiger partial charge in [0.1, 0.15) is 0 Å². The van der Waals surface area contributed by atoms with Crippen molar-refractivity contribution in [3.8, 4) is 0 Å². The number of hydrogen-bond acceptors (Lipinski definition) is 4. The smallest absolute Gasteiger partial charge is 0.371 e. The van der Waals surface area contributed by atoms with Crippen molar-refractivity contribution in [2.45, 2.75) is 24.9 Å². The molecule has 1 fully saturated rings. The van der Waals surface area contributed by atoms with Gasteiger partial charge in [0, 0.05) is 18.7 Å². The summed E-state index contributed by atoms with van der Waals surface area (Å²) in [5, 5.41) is 0. The van der Waals surface area contributed by atoms with Gasteiger partial charge in [0.15, 0.2) is 5.60 Å². The second-order valence-corrected chi connectivity index (χ2v) is 7.61. The molecule has 4 rings (SSSR count). The van der Waals surface area contributed by atoms with Crippen molar-refractivity contribution in [1.29, 1.82) is 0 Å². The first-order chi connectivity index (χ1) is 12.5. The van der Waals surface area contributed by atoms with Crippen molar-refractivity contribution in [3.63, 3.8) is 0 Å². The summed E-state index contributed by atoms with van der Waals surface area (Å²) >= 11 is 0. The minimum atomic E-state index is -5.15. The van der Waals surface area contributed by atoms with Gasteiger partial charge >= 0.3 is 10.5 Å². The number of piperidine rings is 1. The van der Waals surface area contributed by atoms with Crippen LogP contribution in [0, 0.1) is 0 Å². The van der Waals surface area contributed by atoms with Crippen LogP contribution in [0.5, 0.6) is 0 Å². The molecule has 0 N–H and O–H groups in total. The molecule has 2 aromatic carbocycles. The lowest BCUT2D eigenvalue weighted by molar-refractivity contribution is 0.159. The second-order valence-electron chi connectivity index (χ2n) is 6.66. The maximum absolute atomic E-state index is 13.7. The van der Waals surface area contributed by atoms with E-state index in [4.69, 9.17) is 4.18 Å². The Balaban J connectivity index is 1.86. The Kier molecular flexibility index (Phi) is 4.32. The van der Waals surface area contributed by atoms with Crippen LogP contribution in [-0.4, -0.2) is 26.4 Å². The fourth-order valence-electron chi connectivity index (χ4n) is 3.93. The van der Waals surface area contributed by atoms with E-state index in [2.05, 4.69) is 4.90 Å². The molecule has 4 nitrogen and oxygen atoms in total. The van der Waals surface area contributed by atoms with E-state index >= 15 is 0 Å². The maximum Gasteiger partial charge on any atom is 0.439 e. The van der Waals surface area contributed by atoms with E-state index in [0.717, 1.165) is 49.2 Å². The van der Waals surface area contributed by atoms with Crippen molar-refractivity contribution in [1.82, 2.24) is 4.90 Å². The van der Waals surface area contributed by atoms with Crippen LogP contribution >= 0.6 is 0 Å².